The number of hydrogen-bond acceptors (Lipinski definition) is 5. The molecule has 39 heavy (non-hydrogen) atoms. The molecule has 0 saturated carbocycles. The first-order valence-corrected chi connectivity index (χ1v) is 12.7. The highest BCUT2D eigenvalue weighted by Crippen LogP contribution is 2.33. The van der Waals surface area contributed by atoms with Crippen molar-refractivity contribution < 1.29 is 23.9 Å². The van der Waals surface area contributed by atoms with Gasteiger partial charge in [0.2, 0.25) is 5.91 Å². The minimum absolute atomic E-state index is 0.0418. The van der Waals surface area contributed by atoms with E-state index in [-0.39, 0.29) is 30.7 Å². The molecule has 3 aromatic carbocycles. The van der Waals surface area contributed by atoms with Crippen LogP contribution in [0.4, 0.5) is 5.69 Å². The van der Waals surface area contributed by atoms with Crippen molar-refractivity contribution >= 4 is 28.9 Å². The number of nitrogens with one attached hydrogen (secondary N) is 1. The second kappa shape index (κ2) is 12.8. The largest absolute Gasteiger partial charge is 0.496 e. The fourth-order valence-corrected chi connectivity index (χ4v) is 4.48. The third kappa shape index (κ3) is 7.25. The van der Waals surface area contributed by atoms with Crippen LogP contribution in [0.1, 0.15) is 41.8 Å². The van der Waals surface area contributed by atoms with Crippen molar-refractivity contribution in [1.29, 1.82) is 0 Å². The molecular formula is C31H32N3O5. The Bertz CT molecular complexity index is 1370. The Labute approximate surface area is 228 Å². The summed E-state index contributed by atoms with van der Waals surface area (Å²) in [5.41, 5.74) is 4.32. The number of Topliss-reactive ketones (excluding diaryl/α,β-unsaturated/α-hetero) is 1. The second-order valence-electron chi connectivity index (χ2n) is 9.35. The third-order valence-corrected chi connectivity index (χ3v) is 6.51. The van der Waals surface area contributed by atoms with Crippen LogP contribution >= 0.6 is 0 Å². The highest BCUT2D eigenvalue weighted by Gasteiger charge is 2.24. The van der Waals surface area contributed by atoms with Crippen molar-refractivity contribution in [3.8, 4) is 11.5 Å². The van der Waals surface area contributed by atoms with Crippen LogP contribution in [-0.4, -0.2) is 48.8 Å². The predicted octanol–water partition coefficient (Wildman–Crippen LogP) is 4.49. The molecule has 1 aliphatic heterocycles. The molecule has 201 valence electrons. The fourth-order valence-electron chi connectivity index (χ4n) is 4.48. The van der Waals surface area contributed by atoms with Gasteiger partial charge in [-0.2, -0.15) is 0 Å². The van der Waals surface area contributed by atoms with Gasteiger partial charge in [-0.3, -0.25) is 19.7 Å². The zero-order chi connectivity index (χ0) is 27.8. The summed E-state index contributed by atoms with van der Waals surface area (Å²) in [5.74, 6) is 0.701. The van der Waals surface area contributed by atoms with Crippen LogP contribution in [0.5, 0.6) is 11.5 Å². The van der Waals surface area contributed by atoms with E-state index in [2.05, 4.69) is 10.6 Å². The molecule has 0 aromatic heterocycles. The van der Waals surface area contributed by atoms with E-state index in [9.17, 15) is 14.4 Å². The Morgan fingerprint density at radius 2 is 1.67 bits per heavy atom. The van der Waals surface area contributed by atoms with Crippen molar-refractivity contribution in [3.05, 3.63) is 95.7 Å². The van der Waals surface area contributed by atoms with E-state index >= 15 is 0 Å². The van der Waals surface area contributed by atoms with E-state index in [1.54, 1.807) is 36.3 Å². The zero-order valence-electron chi connectivity index (χ0n) is 22.3. The number of para-hydroxylation sites is 2. The van der Waals surface area contributed by atoms with Gasteiger partial charge in [-0.05, 0) is 55.3 Å². The molecule has 4 rings (SSSR count). The van der Waals surface area contributed by atoms with Gasteiger partial charge in [-0.1, -0.05) is 36.4 Å². The Morgan fingerprint density at radius 3 is 2.38 bits per heavy atom. The Hall–Kier alpha value is -4.59. The molecule has 1 radical (unpaired) electrons. The molecule has 2 amide bonds. The van der Waals surface area contributed by atoms with Gasteiger partial charge in [0.1, 0.15) is 11.5 Å². The van der Waals surface area contributed by atoms with Gasteiger partial charge in [0.25, 0.3) is 5.91 Å². The van der Waals surface area contributed by atoms with Crippen LogP contribution in [0.25, 0.3) is 5.57 Å². The lowest BCUT2D eigenvalue weighted by Crippen LogP contribution is -2.46. The van der Waals surface area contributed by atoms with Crippen molar-refractivity contribution in [2.75, 3.05) is 20.3 Å². The molecule has 8 nitrogen and oxygen atoms in total. The first kappa shape index (κ1) is 27.4. The highest BCUT2D eigenvalue weighted by molar-refractivity contribution is 5.94. The van der Waals surface area contributed by atoms with Gasteiger partial charge in [0.15, 0.2) is 12.4 Å². The average molecular weight is 527 g/mol. The van der Waals surface area contributed by atoms with E-state index in [1.165, 1.54) is 13.8 Å². The molecular weight excluding hydrogens is 494 g/mol. The minimum Gasteiger partial charge on any atom is -0.496 e. The van der Waals surface area contributed by atoms with E-state index < -0.39 is 6.04 Å². The summed E-state index contributed by atoms with van der Waals surface area (Å²) in [4.78, 5) is 38.9. The molecule has 1 unspecified atom stereocenters. The van der Waals surface area contributed by atoms with Crippen molar-refractivity contribution in [2.24, 2.45) is 0 Å². The summed E-state index contributed by atoms with van der Waals surface area (Å²) in [6.45, 7) is 3.42. The standard InChI is InChI=1S/C31H32N3O5/c1-21(35)23-12-14-27(15-13-23)39-20-31(37)33-26(16-25-17-32-29-10-6-5-9-28(25)29)19-34(22(2)36)18-24-8-4-7-11-30(24)38-3/h4-15,17,26H,16,18-20H2,1-3H3,(H,33,37). The van der Waals surface area contributed by atoms with E-state index in [0.29, 0.717) is 30.0 Å². The molecule has 0 spiro atoms. The molecule has 1 atom stereocenters. The molecule has 3 aromatic rings. The molecule has 1 N–H and O–H groups in total. The Balaban J connectivity index is 1.48. The summed E-state index contributed by atoms with van der Waals surface area (Å²) in [7, 11) is 1.60. The first-order chi connectivity index (χ1) is 18.8. The topological polar surface area (TPSA) is 99.0 Å². The molecule has 1 heterocycles. The van der Waals surface area contributed by atoms with E-state index in [4.69, 9.17) is 9.47 Å². The van der Waals surface area contributed by atoms with Crippen LogP contribution in [0, 0.1) is 0 Å². The maximum Gasteiger partial charge on any atom is 0.258 e. The molecule has 0 aliphatic carbocycles. The van der Waals surface area contributed by atoms with Crippen LogP contribution in [-0.2, 0) is 16.1 Å². The number of nitrogens with zero attached hydrogens (tertiary/aromatic N) is 2. The van der Waals surface area contributed by atoms with Crippen LogP contribution in [0.15, 0.2) is 79.0 Å². The highest BCUT2D eigenvalue weighted by atomic mass is 16.5. The van der Waals surface area contributed by atoms with Crippen LogP contribution < -0.4 is 20.1 Å². The average Bonchev–Trinajstić information content (AvgIpc) is 3.34. The van der Waals surface area contributed by atoms with Gasteiger partial charge in [0.05, 0.1) is 18.8 Å². The lowest BCUT2D eigenvalue weighted by molar-refractivity contribution is -0.131. The van der Waals surface area contributed by atoms with Gasteiger partial charge in [0, 0.05) is 42.9 Å². The number of carbonyl (C=O) groups is 3. The maximum atomic E-state index is 13.0. The van der Waals surface area contributed by atoms with Gasteiger partial charge < -0.3 is 19.7 Å². The lowest BCUT2D eigenvalue weighted by Gasteiger charge is -2.28. The quantitative estimate of drug-likeness (QED) is 0.351. The molecule has 8 heteroatoms. The SMILES string of the molecule is COc1ccccc1CN(CC(CC1=C[N]c2ccccc21)NC(=O)COc1ccc(C(C)=O)cc1)C(C)=O. The van der Waals surface area contributed by atoms with Crippen molar-refractivity contribution in [2.45, 2.75) is 32.9 Å². The van der Waals surface area contributed by atoms with E-state index in [1.807, 2.05) is 54.7 Å². The molecule has 0 bridgehead atoms. The number of fused-ring (bicyclic) bond motifs is 1. The summed E-state index contributed by atoms with van der Waals surface area (Å²) in [5, 5.41) is 7.54. The number of ether oxygens (including phenoxy) is 2. The maximum absolute atomic E-state index is 13.0. The summed E-state index contributed by atoms with van der Waals surface area (Å²) >= 11 is 0. The van der Waals surface area contributed by atoms with Crippen LogP contribution in [0.3, 0.4) is 0 Å². The smallest absolute Gasteiger partial charge is 0.258 e. The number of hydrogen-bond donors (Lipinski definition) is 1. The van der Waals surface area contributed by atoms with Gasteiger partial charge in [-0.25, -0.2) is 0 Å². The molecule has 0 fully saturated rings. The minimum atomic E-state index is -0.396. The number of benzene rings is 3. The Morgan fingerprint density at radius 1 is 0.949 bits per heavy atom. The molecule has 0 saturated heterocycles. The number of ketones is 1. The number of carbonyl (C=O) groups excluding carboxylic acids is 3. The number of rotatable bonds is 12. The summed E-state index contributed by atoms with van der Waals surface area (Å²) in [6, 6.07) is 21.6. The molecule has 1 aliphatic rings. The third-order valence-electron chi connectivity index (χ3n) is 6.51. The van der Waals surface area contributed by atoms with Gasteiger partial charge >= 0.3 is 0 Å². The van der Waals surface area contributed by atoms with Crippen molar-refractivity contribution in [3.63, 3.8) is 0 Å². The Kier molecular flexibility index (Phi) is 8.99. The van der Waals surface area contributed by atoms with Crippen molar-refractivity contribution in [1.82, 2.24) is 15.5 Å². The van der Waals surface area contributed by atoms with Gasteiger partial charge in [-0.15, -0.1) is 0 Å². The fraction of sp³-hybridized carbons (Fsp3) is 0.258. The second-order valence-corrected chi connectivity index (χ2v) is 9.35. The number of amides is 2. The lowest BCUT2D eigenvalue weighted by atomic mass is 9.99. The van der Waals surface area contributed by atoms with E-state index in [0.717, 1.165) is 22.4 Å². The number of methoxy groups -OCH3 is 1. The summed E-state index contributed by atoms with van der Waals surface area (Å²) in [6.07, 6.45) is 2.30. The monoisotopic (exact) mass is 526 g/mol. The van der Waals surface area contributed by atoms with Crippen LogP contribution in [0.2, 0.25) is 0 Å². The zero-order valence-corrected chi connectivity index (χ0v) is 22.3. The first-order valence-electron chi connectivity index (χ1n) is 12.7. The normalized spacial score (nSPS) is 12.4. The summed E-state index contributed by atoms with van der Waals surface area (Å²) < 4.78 is 11.1. The predicted molar refractivity (Wildman–Crippen MR) is 149 cm³/mol.